The zero-order valence-electron chi connectivity index (χ0n) is 17.0. The predicted octanol–water partition coefficient (Wildman–Crippen LogP) is 4.35. The minimum Gasteiger partial charge on any atom is -0.494 e. The lowest BCUT2D eigenvalue weighted by atomic mass is 9.99. The smallest absolute Gasteiger partial charge is 0.223 e. The normalized spacial score (nSPS) is 13.1. The number of benzene rings is 1. The van der Waals surface area contributed by atoms with Crippen LogP contribution in [0.1, 0.15) is 58.3 Å². The van der Waals surface area contributed by atoms with Gasteiger partial charge in [0.25, 0.3) is 0 Å². The third kappa shape index (κ3) is 5.76. The summed E-state index contributed by atoms with van der Waals surface area (Å²) in [5.41, 5.74) is 2.36. The van der Waals surface area contributed by atoms with Crippen LogP contribution in [-0.2, 0) is 22.6 Å². The number of amides is 1. The molecular formula is C23H27NO4S. The molecule has 0 fully saturated rings. The Bertz CT molecular complexity index is 902. The molecule has 1 amide bonds. The number of rotatable bonds is 9. The van der Waals surface area contributed by atoms with Crippen LogP contribution in [0.5, 0.6) is 5.75 Å². The Hall–Kier alpha value is -2.47. The number of nitrogens with zero attached hydrogens (tertiary/aromatic N) is 1. The number of aryl methyl sites for hydroxylation is 1. The molecule has 6 heteroatoms. The number of carbonyl (C=O) groups is 3. The van der Waals surface area contributed by atoms with Crippen LogP contribution in [0.2, 0.25) is 0 Å². The summed E-state index contributed by atoms with van der Waals surface area (Å²) < 4.78 is 5.55. The quantitative estimate of drug-likeness (QED) is 0.573. The maximum atomic E-state index is 12.6. The van der Waals surface area contributed by atoms with Gasteiger partial charge in [0, 0.05) is 43.6 Å². The van der Waals surface area contributed by atoms with E-state index in [0.717, 1.165) is 22.6 Å². The molecule has 0 atom stereocenters. The van der Waals surface area contributed by atoms with Crippen molar-refractivity contribution in [3.63, 3.8) is 0 Å². The highest BCUT2D eigenvalue weighted by Crippen LogP contribution is 2.24. The van der Waals surface area contributed by atoms with Crippen LogP contribution in [0, 0.1) is 6.92 Å². The summed E-state index contributed by atoms with van der Waals surface area (Å²) in [5, 5.41) is 0. The lowest BCUT2D eigenvalue weighted by molar-refractivity contribution is -0.134. The number of hydrogen-bond acceptors (Lipinski definition) is 5. The molecule has 0 saturated heterocycles. The second-order valence-corrected chi connectivity index (χ2v) is 8.59. The van der Waals surface area contributed by atoms with Crippen LogP contribution in [-0.4, -0.2) is 35.5 Å². The number of hydrogen-bond donors (Lipinski definition) is 0. The molecule has 1 aliphatic heterocycles. The maximum Gasteiger partial charge on any atom is 0.223 e. The highest BCUT2D eigenvalue weighted by Gasteiger charge is 2.22. The summed E-state index contributed by atoms with van der Waals surface area (Å²) in [7, 11) is 0. The number of ether oxygens (including phenoxy) is 1. The lowest BCUT2D eigenvalue weighted by Crippen LogP contribution is -2.36. The summed E-state index contributed by atoms with van der Waals surface area (Å²) in [6, 6.07) is 9.75. The summed E-state index contributed by atoms with van der Waals surface area (Å²) in [4.78, 5) is 40.4. The first-order valence-electron chi connectivity index (χ1n) is 10.1. The number of fused-ring (bicyclic) bond motifs is 1. The molecule has 5 nitrogen and oxygen atoms in total. The molecule has 0 spiro atoms. The molecule has 0 radical (unpaired) electrons. The van der Waals surface area contributed by atoms with Crippen molar-refractivity contribution < 1.29 is 19.1 Å². The van der Waals surface area contributed by atoms with Crippen LogP contribution in [0.25, 0.3) is 0 Å². The number of Topliss-reactive ketones (excluding diaryl/α,β-unsaturated/α-hetero) is 2. The molecular weight excluding hydrogens is 386 g/mol. The minimum atomic E-state index is -0.0315. The fourth-order valence-corrected chi connectivity index (χ4v) is 4.33. The fraction of sp³-hybridized carbons (Fsp3) is 0.435. The number of ketones is 2. The van der Waals surface area contributed by atoms with Gasteiger partial charge in [-0.3, -0.25) is 14.4 Å². The minimum absolute atomic E-state index is 0.000478. The molecule has 0 unspecified atom stereocenters. The first-order valence-corrected chi connectivity index (χ1v) is 10.9. The van der Waals surface area contributed by atoms with Gasteiger partial charge in [0.15, 0.2) is 5.78 Å². The van der Waals surface area contributed by atoms with Crippen molar-refractivity contribution in [3.8, 4) is 5.75 Å². The molecule has 1 aliphatic rings. The standard InChI is InChI=1S/C23H27NO4S/c1-3-28-20-8-5-17-12-13-24(15-18(17)14-20)23(27)11-7-19(25)6-9-21(26)22-10-4-16(2)29-22/h4-5,8,10,14H,3,6-7,9,11-13,15H2,1-2H3. The highest BCUT2D eigenvalue weighted by atomic mass is 32.1. The van der Waals surface area contributed by atoms with Crippen LogP contribution < -0.4 is 4.74 Å². The Morgan fingerprint density at radius 3 is 2.55 bits per heavy atom. The molecule has 0 saturated carbocycles. The Labute approximate surface area is 175 Å². The number of thiophene rings is 1. The third-order valence-corrected chi connectivity index (χ3v) is 6.16. The van der Waals surface area contributed by atoms with Crippen molar-refractivity contribution in [2.24, 2.45) is 0 Å². The van der Waals surface area contributed by atoms with Crippen LogP contribution in [0.4, 0.5) is 0 Å². The highest BCUT2D eigenvalue weighted by molar-refractivity contribution is 7.14. The van der Waals surface area contributed by atoms with Crippen molar-refractivity contribution in [3.05, 3.63) is 51.2 Å². The van der Waals surface area contributed by atoms with E-state index in [1.807, 2.05) is 43.0 Å². The zero-order valence-corrected chi connectivity index (χ0v) is 17.8. The number of carbonyl (C=O) groups excluding carboxylic acids is 3. The van der Waals surface area contributed by atoms with Crippen LogP contribution in [0.15, 0.2) is 30.3 Å². The van der Waals surface area contributed by atoms with Gasteiger partial charge < -0.3 is 9.64 Å². The van der Waals surface area contributed by atoms with E-state index in [4.69, 9.17) is 4.74 Å². The molecule has 0 aliphatic carbocycles. The summed E-state index contributed by atoms with van der Waals surface area (Å²) >= 11 is 1.45. The van der Waals surface area contributed by atoms with E-state index in [9.17, 15) is 14.4 Å². The van der Waals surface area contributed by atoms with Gasteiger partial charge in [0.2, 0.25) is 5.91 Å². The van der Waals surface area contributed by atoms with Gasteiger partial charge >= 0.3 is 0 Å². The monoisotopic (exact) mass is 413 g/mol. The summed E-state index contributed by atoms with van der Waals surface area (Å²) in [5.74, 6) is 0.781. The van der Waals surface area contributed by atoms with Gasteiger partial charge in [-0.05, 0) is 55.7 Å². The van der Waals surface area contributed by atoms with E-state index >= 15 is 0 Å². The average molecular weight is 414 g/mol. The first kappa shape index (κ1) is 21.2. The topological polar surface area (TPSA) is 63.7 Å². The SMILES string of the molecule is CCOc1ccc2c(c1)CN(C(=O)CCC(=O)CCC(=O)c1ccc(C)s1)CC2. The average Bonchev–Trinajstić information content (AvgIpc) is 3.16. The van der Waals surface area contributed by atoms with E-state index in [-0.39, 0.29) is 43.2 Å². The van der Waals surface area contributed by atoms with Gasteiger partial charge in [0.1, 0.15) is 11.5 Å². The van der Waals surface area contributed by atoms with E-state index in [1.54, 1.807) is 0 Å². The Morgan fingerprint density at radius 1 is 1.03 bits per heavy atom. The van der Waals surface area contributed by atoms with Crippen molar-refractivity contribution in [1.29, 1.82) is 0 Å². The second-order valence-electron chi connectivity index (χ2n) is 7.30. The van der Waals surface area contributed by atoms with Crippen molar-refractivity contribution in [2.45, 2.75) is 52.5 Å². The van der Waals surface area contributed by atoms with Crippen LogP contribution in [0.3, 0.4) is 0 Å². The predicted molar refractivity (Wildman–Crippen MR) is 114 cm³/mol. The third-order valence-electron chi connectivity index (χ3n) is 5.12. The van der Waals surface area contributed by atoms with E-state index in [0.29, 0.717) is 24.6 Å². The Balaban J connectivity index is 1.45. The molecule has 0 N–H and O–H groups in total. The lowest BCUT2D eigenvalue weighted by Gasteiger charge is -2.29. The van der Waals surface area contributed by atoms with Crippen molar-refractivity contribution in [2.75, 3.05) is 13.2 Å². The Morgan fingerprint density at radius 2 is 1.83 bits per heavy atom. The largest absolute Gasteiger partial charge is 0.494 e. The van der Waals surface area contributed by atoms with Gasteiger partial charge in [-0.25, -0.2) is 0 Å². The van der Waals surface area contributed by atoms with Gasteiger partial charge in [-0.1, -0.05) is 6.07 Å². The van der Waals surface area contributed by atoms with Crippen molar-refractivity contribution >= 4 is 28.8 Å². The molecule has 3 rings (SSSR count). The van der Waals surface area contributed by atoms with Gasteiger partial charge in [-0.15, -0.1) is 11.3 Å². The maximum absolute atomic E-state index is 12.6. The first-order chi connectivity index (χ1) is 14.0. The molecule has 1 aromatic carbocycles. The molecule has 29 heavy (non-hydrogen) atoms. The summed E-state index contributed by atoms with van der Waals surface area (Å²) in [6.45, 7) is 5.73. The second kappa shape index (κ2) is 9.83. The molecule has 1 aromatic heterocycles. The zero-order chi connectivity index (χ0) is 20.8. The fourth-order valence-electron chi connectivity index (χ4n) is 3.49. The van der Waals surface area contributed by atoms with Crippen LogP contribution >= 0.6 is 11.3 Å². The molecule has 0 bridgehead atoms. The molecule has 2 aromatic rings. The van der Waals surface area contributed by atoms with Gasteiger partial charge in [0.05, 0.1) is 11.5 Å². The van der Waals surface area contributed by atoms with E-state index in [1.165, 1.54) is 16.9 Å². The van der Waals surface area contributed by atoms with Gasteiger partial charge in [-0.2, -0.15) is 0 Å². The molecule has 2 heterocycles. The summed E-state index contributed by atoms with van der Waals surface area (Å²) in [6.07, 6.45) is 1.62. The Kier molecular flexibility index (Phi) is 7.20. The molecule has 154 valence electrons. The van der Waals surface area contributed by atoms with E-state index < -0.39 is 0 Å². The van der Waals surface area contributed by atoms with E-state index in [2.05, 4.69) is 6.07 Å². The van der Waals surface area contributed by atoms with Crippen molar-refractivity contribution in [1.82, 2.24) is 4.90 Å².